The number of hydrogen-bond donors (Lipinski definition) is 1. The molecule has 0 fully saturated rings. The van der Waals surface area contributed by atoms with Gasteiger partial charge in [0, 0.05) is 0 Å². The summed E-state index contributed by atoms with van der Waals surface area (Å²) in [5, 5.41) is 10.8. The van der Waals surface area contributed by atoms with Gasteiger partial charge in [0.2, 0.25) is 0 Å². The Hall–Kier alpha value is -2.75. The molecule has 0 radical (unpaired) electrons. The molecule has 1 heterocycles. The van der Waals surface area contributed by atoms with Crippen LogP contribution in [-0.2, 0) is 0 Å². The van der Waals surface area contributed by atoms with Crippen molar-refractivity contribution in [3.8, 4) is 22.6 Å². The van der Waals surface area contributed by atoms with Gasteiger partial charge in [-0.05, 0) is 17.7 Å². The van der Waals surface area contributed by atoms with E-state index in [2.05, 4.69) is 0 Å². The summed E-state index contributed by atoms with van der Waals surface area (Å²) in [6.45, 7) is 0. The van der Waals surface area contributed by atoms with E-state index in [1.54, 1.807) is 42.5 Å². The lowest BCUT2D eigenvalue weighted by molar-refractivity contribution is 0.405. The molecule has 20 heavy (non-hydrogen) atoms. The SMILES string of the molecule is COc1cccc2c(O)c(-c3ccccc3)c(=O)oc12. The van der Waals surface area contributed by atoms with E-state index < -0.39 is 5.63 Å². The Kier molecular flexibility index (Phi) is 2.91. The molecular formula is C16H12O4. The zero-order valence-electron chi connectivity index (χ0n) is 10.8. The van der Waals surface area contributed by atoms with Crippen molar-refractivity contribution in [2.75, 3.05) is 7.11 Å². The van der Waals surface area contributed by atoms with E-state index in [4.69, 9.17) is 9.15 Å². The molecule has 3 rings (SSSR count). The van der Waals surface area contributed by atoms with Crippen molar-refractivity contribution in [3.05, 3.63) is 59.0 Å². The minimum absolute atomic E-state index is 0.0960. The van der Waals surface area contributed by atoms with Crippen molar-refractivity contribution in [2.45, 2.75) is 0 Å². The van der Waals surface area contributed by atoms with E-state index in [9.17, 15) is 9.90 Å². The third-order valence-electron chi connectivity index (χ3n) is 3.15. The highest BCUT2D eigenvalue weighted by atomic mass is 16.5. The van der Waals surface area contributed by atoms with E-state index in [1.165, 1.54) is 7.11 Å². The summed E-state index contributed by atoms with van der Waals surface area (Å²) in [5.41, 5.74) is 0.428. The molecule has 0 aliphatic carbocycles. The van der Waals surface area contributed by atoms with Gasteiger partial charge in [0.05, 0.1) is 12.5 Å². The topological polar surface area (TPSA) is 59.7 Å². The molecule has 0 amide bonds. The molecular weight excluding hydrogens is 256 g/mol. The van der Waals surface area contributed by atoms with Gasteiger partial charge in [-0.2, -0.15) is 0 Å². The molecule has 0 saturated heterocycles. The first kappa shape index (κ1) is 12.3. The number of benzene rings is 2. The second-order valence-electron chi connectivity index (χ2n) is 4.32. The van der Waals surface area contributed by atoms with E-state index in [1.807, 2.05) is 6.07 Å². The largest absolute Gasteiger partial charge is 0.506 e. The maximum Gasteiger partial charge on any atom is 0.348 e. The summed E-state index contributed by atoms with van der Waals surface area (Å²) >= 11 is 0. The molecule has 0 atom stereocenters. The van der Waals surface area contributed by atoms with Crippen molar-refractivity contribution < 1.29 is 14.3 Å². The van der Waals surface area contributed by atoms with Crippen LogP contribution in [0.5, 0.6) is 11.5 Å². The minimum atomic E-state index is -0.592. The monoisotopic (exact) mass is 268 g/mol. The van der Waals surface area contributed by atoms with Gasteiger partial charge in [-0.1, -0.05) is 36.4 Å². The highest BCUT2D eigenvalue weighted by Crippen LogP contribution is 2.36. The molecule has 1 N–H and O–H groups in total. The van der Waals surface area contributed by atoms with Gasteiger partial charge in [0.15, 0.2) is 11.3 Å². The Labute approximate surface area is 114 Å². The fourth-order valence-electron chi connectivity index (χ4n) is 2.20. The Morgan fingerprint density at radius 2 is 1.80 bits per heavy atom. The first-order valence-electron chi connectivity index (χ1n) is 6.10. The first-order chi connectivity index (χ1) is 9.72. The molecule has 0 spiro atoms. The predicted octanol–water partition coefficient (Wildman–Crippen LogP) is 3.17. The summed E-state index contributed by atoms with van der Waals surface area (Å²) in [6.07, 6.45) is 0. The van der Waals surface area contributed by atoms with Crippen molar-refractivity contribution >= 4 is 11.0 Å². The van der Waals surface area contributed by atoms with E-state index in [0.717, 1.165) is 0 Å². The number of methoxy groups -OCH3 is 1. The summed E-state index contributed by atoms with van der Waals surface area (Å²) < 4.78 is 10.4. The van der Waals surface area contributed by atoms with Crippen LogP contribution < -0.4 is 10.4 Å². The predicted molar refractivity (Wildman–Crippen MR) is 76.1 cm³/mol. The fourth-order valence-corrected chi connectivity index (χ4v) is 2.20. The second-order valence-corrected chi connectivity index (χ2v) is 4.32. The standard InChI is InChI=1S/C16H12O4/c1-19-12-9-5-8-11-14(17)13(16(18)20-15(11)12)10-6-3-2-4-7-10/h2-9,17H,1H3. The van der Waals surface area contributed by atoms with Crippen LogP contribution in [0, 0.1) is 0 Å². The smallest absolute Gasteiger partial charge is 0.348 e. The van der Waals surface area contributed by atoms with Gasteiger partial charge >= 0.3 is 5.63 Å². The van der Waals surface area contributed by atoms with Crippen molar-refractivity contribution in [2.24, 2.45) is 0 Å². The summed E-state index contributed by atoms with van der Waals surface area (Å²) in [6, 6.07) is 14.0. The lowest BCUT2D eigenvalue weighted by Gasteiger charge is -2.08. The molecule has 3 aromatic rings. The number of para-hydroxylation sites is 1. The number of ether oxygens (including phenoxy) is 1. The Bertz CT molecular complexity index is 819. The van der Waals surface area contributed by atoms with Crippen LogP contribution in [0.1, 0.15) is 0 Å². The number of aromatic hydroxyl groups is 1. The van der Waals surface area contributed by atoms with Gasteiger partial charge in [0.1, 0.15) is 11.3 Å². The highest BCUT2D eigenvalue weighted by Gasteiger charge is 2.17. The zero-order chi connectivity index (χ0) is 14.1. The van der Waals surface area contributed by atoms with Crippen molar-refractivity contribution in [1.82, 2.24) is 0 Å². The van der Waals surface area contributed by atoms with Crippen LogP contribution in [0.3, 0.4) is 0 Å². The number of rotatable bonds is 2. The van der Waals surface area contributed by atoms with Crippen LogP contribution in [0.2, 0.25) is 0 Å². The van der Waals surface area contributed by atoms with E-state index >= 15 is 0 Å². The van der Waals surface area contributed by atoms with Gasteiger partial charge in [0.25, 0.3) is 0 Å². The van der Waals surface area contributed by atoms with E-state index in [-0.39, 0.29) is 16.9 Å². The van der Waals surface area contributed by atoms with E-state index in [0.29, 0.717) is 16.7 Å². The minimum Gasteiger partial charge on any atom is -0.506 e. The Morgan fingerprint density at radius 1 is 1.05 bits per heavy atom. The van der Waals surface area contributed by atoms with Gasteiger partial charge < -0.3 is 14.3 Å². The lowest BCUT2D eigenvalue weighted by Crippen LogP contribution is -2.04. The Balaban J connectivity index is 2.39. The molecule has 0 aliphatic rings. The summed E-state index contributed by atoms with van der Waals surface area (Å²) in [7, 11) is 1.48. The molecule has 1 aromatic heterocycles. The number of fused-ring (bicyclic) bond motifs is 1. The second kappa shape index (κ2) is 4.74. The lowest BCUT2D eigenvalue weighted by atomic mass is 10.0. The molecule has 4 heteroatoms. The maximum absolute atomic E-state index is 12.1. The molecule has 0 saturated carbocycles. The first-order valence-corrected chi connectivity index (χ1v) is 6.10. The third kappa shape index (κ3) is 1.82. The normalized spacial score (nSPS) is 10.7. The van der Waals surface area contributed by atoms with Crippen molar-refractivity contribution in [3.63, 3.8) is 0 Å². The van der Waals surface area contributed by atoms with Crippen LogP contribution >= 0.6 is 0 Å². The van der Waals surface area contributed by atoms with Crippen LogP contribution in [0.4, 0.5) is 0 Å². The third-order valence-corrected chi connectivity index (χ3v) is 3.15. The Morgan fingerprint density at radius 3 is 2.50 bits per heavy atom. The van der Waals surface area contributed by atoms with Gasteiger partial charge in [-0.15, -0.1) is 0 Å². The van der Waals surface area contributed by atoms with Crippen molar-refractivity contribution in [1.29, 1.82) is 0 Å². The number of hydrogen-bond acceptors (Lipinski definition) is 4. The maximum atomic E-state index is 12.1. The molecule has 0 aliphatic heterocycles. The summed E-state index contributed by atoms with van der Waals surface area (Å²) in [4.78, 5) is 12.1. The van der Waals surface area contributed by atoms with Crippen LogP contribution in [-0.4, -0.2) is 12.2 Å². The molecule has 4 nitrogen and oxygen atoms in total. The van der Waals surface area contributed by atoms with Gasteiger partial charge in [-0.25, -0.2) is 4.79 Å². The quantitative estimate of drug-likeness (QED) is 0.725. The fraction of sp³-hybridized carbons (Fsp3) is 0.0625. The average molecular weight is 268 g/mol. The average Bonchev–Trinajstić information content (AvgIpc) is 2.48. The zero-order valence-corrected chi connectivity index (χ0v) is 10.8. The molecule has 100 valence electrons. The van der Waals surface area contributed by atoms with Gasteiger partial charge in [-0.3, -0.25) is 0 Å². The summed E-state index contributed by atoms with van der Waals surface area (Å²) in [5.74, 6) is 0.316. The highest BCUT2D eigenvalue weighted by molar-refractivity contribution is 5.93. The molecule has 2 aromatic carbocycles. The molecule has 0 bridgehead atoms. The van der Waals surface area contributed by atoms with Crippen LogP contribution in [0.25, 0.3) is 22.1 Å². The molecule has 0 unspecified atom stereocenters. The van der Waals surface area contributed by atoms with Crippen LogP contribution in [0.15, 0.2) is 57.7 Å².